The van der Waals surface area contributed by atoms with E-state index in [2.05, 4.69) is 5.32 Å². The van der Waals surface area contributed by atoms with Crippen molar-refractivity contribution in [3.05, 3.63) is 63.2 Å². The van der Waals surface area contributed by atoms with E-state index in [1.165, 1.54) is 10.4 Å². The molecular weight excluding hydrogens is 444 g/mol. The first kappa shape index (κ1) is 22.1. The van der Waals surface area contributed by atoms with E-state index >= 15 is 0 Å². The Morgan fingerprint density at radius 3 is 2.37 bits per heavy atom. The first-order chi connectivity index (χ1) is 14.1. The Balaban J connectivity index is 1.65. The van der Waals surface area contributed by atoms with Crippen molar-refractivity contribution >= 4 is 38.9 Å². The summed E-state index contributed by atoms with van der Waals surface area (Å²) >= 11 is 5.66. The zero-order chi connectivity index (χ0) is 22.1. The summed E-state index contributed by atoms with van der Waals surface area (Å²) in [5, 5.41) is 13.0. The molecule has 0 bridgehead atoms. The topological polar surface area (TPSA) is 110 Å². The molecule has 0 atom stereocenters. The summed E-state index contributed by atoms with van der Waals surface area (Å²) in [5.41, 5.74) is -0.684. The molecule has 1 N–H and O–H groups in total. The van der Waals surface area contributed by atoms with E-state index < -0.39 is 44.1 Å². The molecule has 1 aliphatic rings. The lowest BCUT2D eigenvalue weighted by molar-refractivity contribution is -0.387. The molecule has 1 amide bonds. The van der Waals surface area contributed by atoms with E-state index in [0.29, 0.717) is 0 Å². The molecule has 3 rings (SSSR count). The number of nitrogens with one attached hydrogen (secondary N) is 1. The minimum absolute atomic E-state index is 0.0545. The van der Waals surface area contributed by atoms with Crippen LogP contribution in [0.1, 0.15) is 12.8 Å². The highest BCUT2D eigenvalue weighted by molar-refractivity contribution is 7.89. The van der Waals surface area contributed by atoms with Crippen LogP contribution in [0.2, 0.25) is 5.02 Å². The first-order valence-corrected chi connectivity index (χ1v) is 10.6. The van der Waals surface area contributed by atoms with Gasteiger partial charge in [-0.05, 0) is 43.2 Å². The number of hydrogen-bond donors (Lipinski definition) is 1. The van der Waals surface area contributed by atoms with E-state index in [0.717, 1.165) is 30.3 Å². The van der Waals surface area contributed by atoms with Gasteiger partial charge >= 0.3 is 5.69 Å². The van der Waals surface area contributed by atoms with Gasteiger partial charge in [0.15, 0.2) is 0 Å². The highest BCUT2D eigenvalue weighted by atomic mass is 35.5. The predicted octanol–water partition coefficient (Wildman–Crippen LogP) is 3.57. The van der Waals surface area contributed by atoms with Gasteiger partial charge in [0.1, 0.15) is 5.82 Å². The second-order valence-corrected chi connectivity index (χ2v) is 9.01. The van der Waals surface area contributed by atoms with Crippen LogP contribution in [0.15, 0.2) is 41.3 Å². The molecule has 0 radical (unpaired) electrons. The molecule has 1 heterocycles. The summed E-state index contributed by atoms with van der Waals surface area (Å²) in [4.78, 5) is 22.2. The SMILES string of the molecule is O=C(Nc1ccc(F)c([N+](=O)[O-])c1)C1CCN(S(=O)(=O)c2ccc(F)c(Cl)c2)CC1. The fourth-order valence-corrected chi connectivity index (χ4v) is 4.86. The number of nitro benzene ring substituents is 1. The highest BCUT2D eigenvalue weighted by Crippen LogP contribution is 2.28. The molecule has 160 valence electrons. The first-order valence-electron chi connectivity index (χ1n) is 8.79. The molecule has 0 spiro atoms. The summed E-state index contributed by atoms with van der Waals surface area (Å²) in [6, 6.07) is 6.14. The van der Waals surface area contributed by atoms with Gasteiger partial charge in [-0.2, -0.15) is 8.70 Å². The number of nitrogens with zero attached hydrogens (tertiary/aromatic N) is 2. The fraction of sp³-hybridized carbons (Fsp3) is 0.278. The van der Waals surface area contributed by atoms with Gasteiger partial charge in [0.25, 0.3) is 0 Å². The van der Waals surface area contributed by atoms with Gasteiger partial charge in [-0.3, -0.25) is 14.9 Å². The van der Waals surface area contributed by atoms with Crippen molar-refractivity contribution in [1.29, 1.82) is 0 Å². The van der Waals surface area contributed by atoms with E-state index in [1.807, 2.05) is 0 Å². The second-order valence-electron chi connectivity index (χ2n) is 6.67. The number of hydrogen-bond acceptors (Lipinski definition) is 5. The largest absolute Gasteiger partial charge is 0.326 e. The summed E-state index contributed by atoms with van der Waals surface area (Å²) in [6.07, 6.45) is 0.423. The number of sulfonamides is 1. The van der Waals surface area contributed by atoms with Gasteiger partial charge in [-0.1, -0.05) is 11.6 Å². The number of piperidine rings is 1. The van der Waals surface area contributed by atoms with Gasteiger partial charge in [0, 0.05) is 30.8 Å². The number of carbonyl (C=O) groups is 1. The Kier molecular flexibility index (Phi) is 6.34. The van der Waals surface area contributed by atoms with Crippen molar-refractivity contribution in [2.75, 3.05) is 18.4 Å². The normalized spacial score (nSPS) is 15.7. The Bertz CT molecular complexity index is 1100. The van der Waals surface area contributed by atoms with Crippen molar-refractivity contribution in [1.82, 2.24) is 4.31 Å². The van der Waals surface area contributed by atoms with Crippen molar-refractivity contribution in [2.24, 2.45) is 5.92 Å². The lowest BCUT2D eigenvalue weighted by Crippen LogP contribution is -2.41. The molecule has 0 saturated carbocycles. The molecule has 1 saturated heterocycles. The summed E-state index contributed by atoms with van der Waals surface area (Å²) in [7, 11) is -3.90. The summed E-state index contributed by atoms with van der Waals surface area (Å²) < 4.78 is 53.3. The summed E-state index contributed by atoms with van der Waals surface area (Å²) in [6.45, 7) is 0.109. The van der Waals surface area contributed by atoms with E-state index in [-0.39, 0.29) is 41.5 Å². The van der Waals surface area contributed by atoms with E-state index in [4.69, 9.17) is 11.6 Å². The molecule has 2 aromatic rings. The number of amides is 1. The Morgan fingerprint density at radius 1 is 1.13 bits per heavy atom. The maximum absolute atomic E-state index is 13.4. The number of halogens is 3. The van der Waals surface area contributed by atoms with Gasteiger partial charge < -0.3 is 5.32 Å². The van der Waals surface area contributed by atoms with E-state index in [9.17, 15) is 32.1 Å². The van der Waals surface area contributed by atoms with Crippen LogP contribution in [-0.4, -0.2) is 36.6 Å². The number of rotatable bonds is 5. The Hall–Kier alpha value is -2.63. The smallest absolute Gasteiger partial charge is 0.306 e. The van der Waals surface area contributed by atoms with E-state index in [1.54, 1.807) is 0 Å². The molecule has 8 nitrogen and oxygen atoms in total. The van der Waals surface area contributed by atoms with Crippen LogP contribution in [0.3, 0.4) is 0 Å². The van der Waals surface area contributed by atoms with Crippen LogP contribution >= 0.6 is 11.6 Å². The third-order valence-electron chi connectivity index (χ3n) is 4.76. The molecule has 1 fully saturated rings. The van der Waals surface area contributed by atoms with Crippen molar-refractivity contribution in [3.8, 4) is 0 Å². The molecular formula is C18H16ClF2N3O5S. The monoisotopic (exact) mass is 459 g/mol. The van der Waals surface area contributed by atoms with Crippen LogP contribution in [0.4, 0.5) is 20.2 Å². The molecule has 2 aromatic carbocycles. The minimum atomic E-state index is -3.90. The number of nitro groups is 1. The van der Waals surface area contributed by atoms with Crippen LogP contribution in [0.25, 0.3) is 0 Å². The standard InChI is InChI=1S/C18H16ClF2N3O5S/c19-14-10-13(2-4-15(14)20)30(28,29)23-7-5-11(6-8-23)18(25)22-12-1-3-16(21)17(9-12)24(26)27/h1-4,9-11H,5-8H2,(H,22,25). The maximum atomic E-state index is 13.4. The predicted molar refractivity (Wildman–Crippen MR) is 105 cm³/mol. The minimum Gasteiger partial charge on any atom is -0.326 e. The lowest BCUT2D eigenvalue weighted by Gasteiger charge is -2.30. The summed E-state index contributed by atoms with van der Waals surface area (Å²) in [5.74, 6) is -2.72. The van der Waals surface area contributed by atoms with Gasteiger partial charge in [-0.15, -0.1) is 0 Å². The zero-order valence-corrected chi connectivity index (χ0v) is 16.9. The number of benzene rings is 2. The van der Waals surface area contributed by atoms with Crippen molar-refractivity contribution in [3.63, 3.8) is 0 Å². The quantitative estimate of drug-likeness (QED) is 0.543. The molecule has 30 heavy (non-hydrogen) atoms. The zero-order valence-electron chi connectivity index (χ0n) is 15.3. The van der Waals surface area contributed by atoms with Crippen LogP contribution in [0, 0.1) is 27.7 Å². The lowest BCUT2D eigenvalue weighted by atomic mass is 9.97. The molecule has 0 unspecified atom stereocenters. The third kappa shape index (κ3) is 4.58. The Labute approximate surface area is 175 Å². The third-order valence-corrected chi connectivity index (χ3v) is 6.95. The number of anilines is 1. The molecule has 0 aliphatic carbocycles. The highest BCUT2D eigenvalue weighted by Gasteiger charge is 2.32. The average molecular weight is 460 g/mol. The van der Waals surface area contributed by atoms with Gasteiger partial charge in [-0.25, -0.2) is 12.8 Å². The second kappa shape index (κ2) is 8.62. The average Bonchev–Trinajstić information content (AvgIpc) is 2.71. The van der Waals surface area contributed by atoms with Crippen LogP contribution in [0.5, 0.6) is 0 Å². The molecule has 0 aromatic heterocycles. The van der Waals surface area contributed by atoms with Crippen LogP contribution in [-0.2, 0) is 14.8 Å². The molecule has 12 heteroatoms. The molecule has 1 aliphatic heterocycles. The maximum Gasteiger partial charge on any atom is 0.306 e. The van der Waals surface area contributed by atoms with Crippen molar-refractivity contribution in [2.45, 2.75) is 17.7 Å². The number of carbonyl (C=O) groups excluding carboxylic acids is 1. The van der Waals surface area contributed by atoms with Gasteiger partial charge in [0.2, 0.25) is 21.7 Å². The fourth-order valence-electron chi connectivity index (χ4n) is 3.12. The van der Waals surface area contributed by atoms with Crippen LogP contribution < -0.4 is 5.32 Å². The Morgan fingerprint density at radius 2 is 1.77 bits per heavy atom. The van der Waals surface area contributed by atoms with Gasteiger partial charge in [0.05, 0.1) is 14.8 Å². The van der Waals surface area contributed by atoms with Crippen molar-refractivity contribution < 1.29 is 26.9 Å².